The van der Waals surface area contributed by atoms with E-state index in [0.717, 1.165) is 37.0 Å². The average Bonchev–Trinajstić information content (AvgIpc) is 3.51. The number of ether oxygens (including phenoxy) is 1. The molecular formula is C28H24F3N7O3. The molecule has 0 aliphatic carbocycles. The van der Waals surface area contributed by atoms with E-state index in [1.807, 2.05) is 4.40 Å². The molecule has 3 N–H and O–H groups in total. The second-order valence-corrected chi connectivity index (χ2v) is 9.89. The minimum Gasteiger partial charge on any atom is -0.440 e. The van der Waals surface area contributed by atoms with Gasteiger partial charge in [0.15, 0.2) is 0 Å². The largest absolute Gasteiger partial charge is 0.440 e. The van der Waals surface area contributed by atoms with Crippen LogP contribution in [0.2, 0.25) is 0 Å². The van der Waals surface area contributed by atoms with Gasteiger partial charge < -0.3 is 20.7 Å². The first-order valence-electron chi connectivity index (χ1n) is 12.8. The summed E-state index contributed by atoms with van der Waals surface area (Å²) in [6.07, 6.45) is 2.21. The van der Waals surface area contributed by atoms with Crippen LogP contribution >= 0.6 is 0 Å². The van der Waals surface area contributed by atoms with Crippen LogP contribution in [0.15, 0.2) is 67.6 Å². The molecule has 0 saturated carbocycles. The minimum atomic E-state index is -4.56. The van der Waals surface area contributed by atoms with Crippen LogP contribution in [0.3, 0.4) is 0 Å². The molecular weight excluding hydrogens is 539 g/mol. The molecule has 10 nitrogen and oxygen atoms in total. The number of hydrogen-bond acceptors (Lipinski definition) is 7. The lowest BCUT2D eigenvalue weighted by molar-refractivity contribution is -0.137. The van der Waals surface area contributed by atoms with Gasteiger partial charge in [-0.15, -0.1) is 0 Å². The lowest BCUT2D eigenvalue weighted by atomic mass is 9.90. The first kappa shape index (κ1) is 26.3. The topological polar surface area (TPSA) is 128 Å². The summed E-state index contributed by atoms with van der Waals surface area (Å²) in [5.74, 6) is 0.0606. The zero-order valence-electron chi connectivity index (χ0n) is 21.5. The number of benzene rings is 1. The number of piperidine rings is 1. The Hall–Kier alpha value is -4.94. The maximum absolute atomic E-state index is 13.0. The summed E-state index contributed by atoms with van der Waals surface area (Å²) in [7, 11) is 0. The van der Waals surface area contributed by atoms with Gasteiger partial charge in [0, 0.05) is 42.2 Å². The molecule has 2 aliphatic heterocycles. The zero-order valence-corrected chi connectivity index (χ0v) is 21.5. The van der Waals surface area contributed by atoms with Gasteiger partial charge in [-0.25, -0.2) is 19.7 Å². The van der Waals surface area contributed by atoms with Crippen LogP contribution < -0.4 is 11.1 Å². The number of aromatic nitrogens is 4. The maximum atomic E-state index is 13.0. The summed E-state index contributed by atoms with van der Waals surface area (Å²) >= 11 is 0. The summed E-state index contributed by atoms with van der Waals surface area (Å²) in [6, 6.07) is 7.97. The predicted octanol–water partition coefficient (Wildman–Crippen LogP) is 4.90. The van der Waals surface area contributed by atoms with Crippen molar-refractivity contribution in [3.8, 4) is 11.3 Å². The predicted molar refractivity (Wildman–Crippen MR) is 143 cm³/mol. The van der Waals surface area contributed by atoms with E-state index in [9.17, 15) is 22.8 Å². The third kappa shape index (κ3) is 4.72. The van der Waals surface area contributed by atoms with Gasteiger partial charge in [-0.3, -0.25) is 9.20 Å². The Kier molecular flexibility index (Phi) is 6.36. The Morgan fingerprint density at radius 2 is 1.93 bits per heavy atom. The van der Waals surface area contributed by atoms with E-state index >= 15 is 0 Å². The number of alkyl halides is 3. The third-order valence-electron chi connectivity index (χ3n) is 7.44. The second-order valence-electron chi connectivity index (χ2n) is 9.89. The standard InChI is InChI=1S/C28H24F3N7O3/c1-2-20-19-8-7-17(14-38(19)27(40)41-20)25-36-22(23-24(32)34-11-12-37(23)25)15-3-5-16(6-4-15)26(39)35-21-13-18(9-10-33-21)28(29,30)31/h2-6,9-13,17,19-20H,1,7-8,14H2,(H2,32,34)(H,33,35,39). The highest BCUT2D eigenvalue weighted by Crippen LogP contribution is 2.38. The van der Waals surface area contributed by atoms with Gasteiger partial charge in [0.2, 0.25) is 0 Å². The smallest absolute Gasteiger partial charge is 0.416 e. The number of carbonyl (C=O) groups excluding carboxylic acids is 2. The number of carbonyl (C=O) groups is 2. The van der Waals surface area contributed by atoms with Crippen LogP contribution in [-0.4, -0.2) is 54.9 Å². The molecule has 5 heterocycles. The number of cyclic esters (lactones) is 1. The van der Waals surface area contributed by atoms with E-state index in [1.54, 1.807) is 35.5 Å². The van der Waals surface area contributed by atoms with Gasteiger partial charge in [0.05, 0.1) is 11.6 Å². The average molecular weight is 564 g/mol. The van der Waals surface area contributed by atoms with E-state index in [4.69, 9.17) is 15.5 Å². The zero-order chi connectivity index (χ0) is 28.9. The van der Waals surface area contributed by atoms with Crippen molar-refractivity contribution < 1.29 is 27.5 Å². The van der Waals surface area contributed by atoms with E-state index in [0.29, 0.717) is 23.3 Å². The fourth-order valence-corrected chi connectivity index (χ4v) is 5.44. The fraction of sp³-hybridized carbons (Fsp3) is 0.250. The lowest BCUT2D eigenvalue weighted by Crippen LogP contribution is -2.43. The Morgan fingerprint density at radius 1 is 1.15 bits per heavy atom. The number of anilines is 2. The number of pyridine rings is 1. The second kappa shape index (κ2) is 9.91. The molecule has 6 rings (SSSR count). The molecule has 0 bridgehead atoms. The first-order chi connectivity index (χ1) is 19.6. The van der Waals surface area contributed by atoms with Gasteiger partial charge in [-0.2, -0.15) is 13.2 Å². The molecule has 2 fully saturated rings. The Balaban J connectivity index is 1.27. The molecule has 41 heavy (non-hydrogen) atoms. The van der Waals surface area contributed by atoms with Crippen molar-refractivity contribution in [2.45, 2.75) is 37.1 Å². The molecule has 210 valence electrons. The van der Waals surface area contributed by atoms with Crippen molar-refractivity contribution in [3.63, 3.8) is 0 Å². The number of nitrogens with two attached hydrogens (primary N) is 1. The van der Waals surface area contributed by atoms with E-state index in [2.05, 4.69) is 21.9 Å². The highest BCUT2D eigenvalue weighted by Gasteiger charge is 2.45. The Morgan fingerprint density at radius 3 is 2.66 bits per heavy atom. The van der Waals surface area contributed by atoms with Crippen molar-refractivity contribution >= 4 is 29.2 Å². The van der Waals surface area contributed by atoms with Crippen LogP contribution in [0.5, 0.6) is 0 Å². The van der Waals surface area contributed by atoms with Crippen LogP contribution in [0, 0.1) is 0 Å². The number of rotatable bonds is 5. The molecule has 2 saturated heterocycles. The van der Waals surface area contributed by atoms with E-state index in [-0.39, 0.29) is 41.4 Å². The fourth-order valence-electron chi connectivity index (χ4n) is 5.44. The summed E-state index contributed by atoms with van der Waals surface area (Å²) in [5.41, 5.74) is 7.36. The number of nitrogens with one attached hydrogen (secondary N) is 1. The summed E-state index contributed by atoms with van der Waals surface area (Å²) < 4.78 is 46.3. The number of halogens is 3. The third-order valence-corrected chi connectivity index (χ3v) is 7.44. The van der Waals surface area contributed by atoms with Crippen molar-refractivity contribution in [2.75, 3.05) is 17.6 Å². The number of hydrogen-bond donors (Lipinski definition) is 2. The molecule has 3 unspecified atom stereocenters. The quantitative estimate of drug-likeness (QED) is 0.331. The monoisotopic (exact) mass is 563 g/mol. The summed E-state index contributed by atoms with van der Waals surface area (Å²) in [4.78, 5) is 39.9. The van der Waals surface area contributed by atoms with Crippen LogP contribution in [0.1, 0.15) is 40.5 Å². The molecule has 0 spiro atoms. The van der Waals surface area contributed by atoms with Crippen molar-refractivity contribution in [2.24, 2.45) is 0 Å². The van der Waals surface area contributed by atoms with Gasteiger partial charge in [0.1, 0.15) is 34.8 Å². The molecule has 1 aromatic carbocycles. The van der Waals surface area contributed by atoms with E-state index in [1.165, 1.54) is 12.1 Å². The normalized spacial score (nSPS) is 20.5. The van der Waals surface area contributed by atoms with Crippen molar-refractivity contribution in [1.29, 1.82) is 0 Å². The van der Waals surface area contributed by atoms with Gasteiger partial charge in [0.25, 0.3) is 5.91 Å². The molecule has 2 amide bonds. The highest BCUT2D eigenvalue weighted by atomic mass is 19.4. The molecule has 2 aliphatic rings. The van der Waals surface area contributed by atoms with Crippen LogP contribution in [0.4, 0.5) is 29.6 Å². The Labute approximate surface area is 231 Å². The SMILES string of the molecule is C=CC1OC(=O)N2CC(c3nc(-c4ccc(C(=O)Nc5cc(C(F)(F)F)ccn5)cc4)c4c(N)nccn34)CCC12. The van der Waals surface area contributed by atoms with Crippen LogP contribution in [-0.2, 0) is 10.9 Å². The van der Waals surface area contributed by atoms with E-state index < -0.39 is 17.6 Å². The highest BCUT2D eigenvalue weighted by molar-refractivity contribution is 6.04. The van der Waals surface area contributed by atoms with Crippen molar-refractivity contribution in [1.82, 2.24) is 24.3 Å². The summed E-state index contributed by atoms with van der Waals surface area (Å²) in [6.45, 7) is 4.20. The van der Waals surface area contributed by atoms with Crippen LogP contribution in [0.25, 0.3) is 16.8 Å². The first-order valence-corrected chi connectivity index (χ1v) is 12.8. The maximum Gasteiger partial charge on any atom is 0.416 e. The molecule has 3 aromatic heterocycles. The number of nitrogen functional groups attached to an aromatic ring is 1. The summed E-state index contributed by atoms with van der Waals surface area (Å²) in [5, 5.41) is 2.40. The van der Waals surface area contributed by atoms with Gasteiger partial charge in [-0.1, -0.05) is 18.7 Å². The van der Waals surface area contributed by atoms with Gasteiger partial charge in [-0.05, 0) is 43.2 Å². The molecule has 13 heteroatoms. The molecule has 4 aromatic rings. The lowest BCUT2D eigenvalue weighted by Gasteiger charge is -2.33. The van der Waals surface area contributed by atoms with Crippen molar-refractivity contribution in [3.05, 3.63) is 84.6 Å². The molecule has 3 atom stereocenters. The van der Waals surface area contributed by atoms with Gasteiger partial charge >= 0.3 is 12.3 Å². The number of imidazole rings is 1. The number of fused-ring (bicyclic) bond motifs is 2. The minimum absolute atomic E-state index is 0.0569. The molecule has 0 radical (unpaired) electrons. The Bertz CT molecular complexity index is 1670. The number of amides is 2. The number of nitrogens with zero attached hydrogens (tertiary/aromatic N) is 5.